The number of aromatic nitrogens is 2. The third-order valence-electron chi connectivity index (χ3n) is 3.66. The summed E-state index contributed by atoms with van der Waals surface area (Å²) in [5.74, 6) is 0.856. The summed E-state index contributed by atoms with van der Waals surface area (Å²) in [5.41, 5.74) is 2.26. The molecule has 5 heteroatoms. The molecule has 1 amide bonds. The van der Waals surface area contributed by atoms with Gasteiger partial charge in [0.15, 0.2) is 0 Å². The van der Waals surface area contributed by atoms with E-state index in [9.17, 15) is 4.79 Å². The maximum atomic E-state index is 12.0. The van der Waals surface area contributed by atoms with Gasteiger partial charge in [-0.25, -0.2) is 0 Å². The van der Waals surface area contributed by atoms with Gasteiger partial charge in [0.25, 0.3) is 0 Å². The van der Waals surface area contributed by atoms with Gasteiger partial charge in [-0.1, -0.05) is 24.3 Å². The molecule has 0 atom stereocenters. The first-order valence-corrected chi connectivity index (χ1v) is 7.64. The molecule has 0 unspecified atom stereocenters. The Balaban J connectivity index is 1.54. The van der Waals surface area contributed by atoms with E-state index >= 15 is 0 Å². The maximum absolute atomic E-state index is 12.0. The summed E-state index contributed by atoms with van der Waals surface area (Å²) in [4.78, 5) is 12.0. The number of nitrogens with zero attached hydrogens (tertiary/aromatic N) is 2. The van der Waals surface area contributed by atoms with Gasteiger partial charge in [0.2, 0.25) is 5.91 Å². The number of carbonyl (C=O) groups is 1. The van der Waals surface area contributed by atoms with Crippen molar-refractivity contribution in [1.82, 2.24) is 15.1 Å². The van der Waals surface area contributed by atoms with Crippen molar-refractivity contribution in [3.05, 3.63) is 78.0 Å². The minimum absolute atomic E-state index is 0.0234. The normalized spacial score (nSPS) is 10.6. The summed E-state index contributed by atoms with van der Waals surface area (Å²) < 4.78 is 7.11. The Hall–Kier alpha value is -2.82. The largest absolute Gasteiger partial charge is 0.469 e. The third-order valence-corrected chi connectivity index (χ3v) is 3.66. The van der Waals surface area contributed by atoms with E-state index in [0.717, 1.165) is 16.9 Å². The lowest BCUT2D eigenvalue weighted by atomic mass is 10.1. The van der Waals surface area contributed by atoms with Crippen molar-refractivity contribution in [2.45, 2.75) is 25.9 Å². The molecule has 0 saturated carbocycles. The fourth-order valence-electron chi connectivity index (χ4n) is 2.43. The second-order valence-electron chi connectivity index (χ2n) is 5.33. The second-order valence-corrected chi connectivity index (χ2v) is 5.33. The van der Waals surface area contributed by atoms with Crippen LogP contribution in [-0.2, 0) is 24.3 Å². The van der Waals surface area contributed by atoms with E-state index in [1.54, 1.807) is 12.5 Å². The highest BCUT2D eigenvalue weighted by atomic mass is 16.3. The van der Waals surface area contributed by atoms with Gasteiger partial charge in [-0.05, 0) is 29.3 Å². The monoisotopic (exact) mass is 309 g/mol. The second kappa shape index (κ2) is 7.45. The van der Waals surface area contributed by atoms with E-state index in [1.807, 2.05) is 47.3 Å². The smallest absolute Gasteiger partial charge is 0.220 e. The lowest BCUT2D eigenvalue weighted by Crippen LogP contribution is -2.23. The highest BCUT2D eigenvalue weighted by Gasteiger charge is 2.07. The van der Waals surface area contributed by atoms with Crippen LogP contribution in [0.5, 0.6) is 0 Å². The van der Waals surface area contributed by atoms with E-state index in [0.29, 0.717) is 25.9 Å². The van der Waals surface area contributed by atoms with Crippen molar-refractivity contribution in [3.8, 4) is 0 Å². The van der Waals surface area contributed by atoms with Crippen LogP contribution in [0, 0.1) is 0 Å². The molecule has 0 fully saturated rings. The predicted octanol–water partition coefficient (Wildman–Crippen LogP) is 2.77. The summed E-state index contributed by atoms with van der Waals surface area (Å²) >= 11 is 0. The number of furan rings is 1. The summed E-state index contributed by atoms with van der Waals surface area (Å²) in [6.07, 6.45) is 6.36. The van der Waals surface area contributed by atoms with Gasteiger partial charge in [0.05, 0.1) is 12.8 Å². The highest BCUT2D eigenvalue weighted by molar-refractivity contribution is 5.76. The molecule has 118 valence electrons. The summed E-state index contributed by atoms with van der Waals surface area (Å²) in [7, 11) is 0. The average molecular weight is 309 g/mol. The van der Waals surface area contributed by atoms with Crippen molar-refractivity contribution < 1.29 is 9.21 Å². The zero-order valence-electron chi connectivity index (χ0n) is 12.8. The Morgan fingerprint density at radius 3 is 2.74 bits per heavy atom. The molecule has 0 aliphatic rings. The zero-order valence-corrected chi connectivity index (χ0v) is 12.8. The molecule has 0 saturated heterocycles. The SMILES string of the molecule is O=C(CCc1ccco1)NCc1ccccc1Cn1cccn1. The molecule has 5 nitrogen and oxygen atoms in total. The van der Waals surface area contributed by atoms with Crippen LogP contribution in [0.2, 0.25) is 0 Å². The van der Waals surface area contributed by atoms with Crippen molar-refractivity contribution >= 4 is 5.91 Å². The van der Waals surface area contributed by atoms with Crippen LogP contribution < -0.4 is 5.32 Å². The molecule has 0 spiro atoms. The van der Waals surface area contributed by atoms with E-state index in [2.05, 4.69) is 16.5 Å². The Morgan fingerprint density at radius 2 is 2.00 bits per heavy atom. The van der Waals surface area contributed by atoms with E-state index in [-0.39, 0.29) is 5.91 Å². The van der Waals surface area contributed by atoms with Crippen LogP contribution in [0.4, 0.5) is 0 Å². The number of nitrogens with one attached hydrogen (secondary N) is 1. The lowest BCUT2D eigenvalue weighted by Gasteiger charge is -2.11. The van der Waals surface area contributed by atoms with E-state index in [4.69, 9.17) is 4.42 Å². The number of benzene rings is 1. The maximum Gasteiger partial charge on any atom is 0.220 e. The molecule has 0 aliphatic heterocycles. The first kappa shape index (κ1) is 15.1. The standard InChI is InChI=1S/C18H19N3O2/c22-18(9-8-17-7-3-12-23-17)19-13-15-5-1-2-6-16(15)14-21-11-4-10-20-21/h1-7,10-12H,8-9,13-14H2,(H,19,22). The Bertz CT molecular complexity index is 733. The first-order valence-electron chi connectivity index (χ1n) is 7.64. The highest BCUT2D eigenvalue weighted by Crippen LogP contribution is 2.10. The molecular weight excluding hydrogens is 290 g/mol. The average Bonchev–Trinajstić information content (AvgIpc) is 3.25. The molecule has 3 rings (SSSR count). The molecule has 23 heavy (non-hydrogen) atoms. The Morgan fingerprint density at radius 1 is 1.13 bits per heavy atom. The van der Waals surface area contributed by atoms with Gasteiger partial charge >= 0.3 is 0 Å². The number of hydrogen-bond acceptors (Lipinski definition) is 3. The topological polar surface area (TPSA) is 60.1 Å². The van der Waals surface area contributed by atoms with Crippen LogP contribution >= 0.6 is 0 Å². The van der Waals surface area contributed by atoms with E-state index < -0.39 is 0 Å². The van der Waals surface area contributed by atoms with E-state index in [1.165, 1.54) is 0 Å². The third kappa shape index (κ3) is 4.32. The minimum Gasteiger partial charge on any atom is -0.469 e. The lowest BCUT2D eigenvalue weighted by molar-refractivity contribution is -0.121. The van der Waals surface area contributed by atoms with Gasteiger partial charge in [-0.3, -0.25) is 9.48 Å². The van der Waals surface area contributed by atoms with Crippen molar-refractivity contribution in [2.75, 3.05) is 0 Å². The summed E-state index contributed by atoms with van der Waals surface area (Å²) in [6.45, 7) is 1.22. The molecule has 1 N–H and O–H groups in total. The molecule has 0 bridgehead atoms. The first-order chi connectivity index (χ1) is 11.3. The molecule has 1 aromatic carbocycles. The fraction of sp³-hybridized carbons (Fsp3) is 0.222. The summed E-state index contributed by atoms with van der Waals surface area (Å²) in [5, 5.41) is 7.20. The van der Waals surface area contributed by atoms with Gasteiger partial charge in [-0.2, -0.15) is 5.10 Å². The number of hydrogen-bond donors (Lipinski definition) is 1. The number of aryl methyl sites for hydroxylation is 1. The minimum atomic E-state index is 0.0234. The van der Waals surface area contributed by atoms with Crippen molar-refractivity contribution in [3.63, 3.8) is 0 Å². The molecular formula is C18H19N3O2. The Labute approximate surface area is 134 Å². The van der Waals surface area contributed by atoms with Crippen molar-refractivity contribution in [1.29, 1.82) is 0 Å². The van der Waals surface area contributed by atoms with Crippen LogP contribution in [0.15, 0.2) is 65.5 Å². The molecule has 2 heterocycles. The van der Waals surface area contributed by atoms with Crippen LogP contribution in [-0.4, -0.2) is 15.7 Å². The van der Waals surface area contributed by atoms with Gasteiger partial charge in [-0.15, -0.1) is 0 Å². The van der Waals surface area contributed by atoms with Crippen LogP contribution in [0.3, 0.4) is 0 Å². The van der Waals surface area contributed by atoms with Crippen LogP contribution in [0.25, 0.3) is 0 Å². The molecule has 2 aromatic heterocycles. The Kier molecular flexibility index (Phi) is 4.88. The van der Waals surface area contributed by atoms with Gasteiger partial charge in [0, 0.05) is 31.8 Å². The summed E-state index contributed by atoms with van der Waals surface area (Å²) in [6, 6.07) is 13.7. The number of carbonyl (C=O) groups excluding carboxylic acids is 1. The number of amides is 1. The van der Waals surface area contributed by atoms with Crippen LogP contribution in [0.1, 0.15) is 23.3 Å². The molecule has 0 aliphatic carbocycles. The zero-order chi connectivity index (χ0) is 15.9. The van der Waals surface area contributed by atoms with Crippen molar-refractivity contribution in [2.24, 2.45) is 0 Å². The molecule has 3 aromatic rings. The van der Waals surface area contributed by atoms with Gasteiger partial charge in [0.1, 0.15) is 5.76 Å². The van der Waals surface area contributed by atoms with Gasteiger partial charge < -0.3 is 9.73 Å². The molecule has 0 radical (unpaired) electrons. The predicted molar refractivity (Wildman–Crippen MR) is 86.6 cm³/mol. The number of rotatable bonds is 7. The quantitative estimate of drug-likeness (QED) is 0.730. The fourth-order valence-corrected chi connectivity index (χ4v) is 2.43.